The first-order valence-corrected chi connectivity index (χ1v) is 7.45. The summed E-state index contributed by atoms with van der Waals surface area (Å²) in [4.78, 5) is 20.6. The van der Waals surface area contributed by atoms with Gasteiger partial charge in [-0.15, -0.1) is 0 Å². The first-order chi connectivity index (χ1) is 10.1. The SMILES string of the molecule is CN1CCN(C(=O)Nc2cccc(Br)c2)c2cccnc21. The Morgan fingerprint density at radius 2 is 2.14 bits per heavy atom. The van der Waals surface area contributed by atoms with E-state index in [2.05, 4.69) is 31.1 Å². The molecule has 0 aliphatic carbocycles. The maximum atomic E-state index is 12.5. The molecule has 0 saturated carbocycles. The van der Waals surface area contributed by atoms with Crippen LogP contribution in [0, 0.1) is 0 Å². The number of carbonyl (C=O) groups excluding carboxylic acids is 1. The number of halogens is 1. The summed E-state index contributed by atoms with van der Waals surface area (Å²) in [5.41, 5.74) is 1.59. The molecule has 5 nitrogen and oxygen atoms in total. The molecular formula is C15H15BrN4O. The van der Waals surface area contributed by atoms with E-state index < -0.39 is 0 Å². The molecule has 0 fully saturated rings. The van der Waals surface area contributed by atoms with E-state index >= 15 is 0 Å². The van der Waals surface area contributed by atoms with Crippen LogP contribution in [-0.4, -0.2) is 31.2 Å². The molecule has 1 aromatic carbocycles. The molecular weight excluding hydrogens is 332 g/mol. The number of fused-ring (bicyclic) bond motifs is 1. The second kappa shape index (κ2) is 5.73. The lowest BCUT2D eigenvalue weighted by molar-refractivity contribution is 0.257. The van der Waals surface area contributed by atoms with Crippen LogP contribution in [0.4, 0.5) is 22.0 Å². The molecule has 0 bridgehead atoms. The molecule has 1 aromatic heterocycles. The fourth-order valence-electron chi connectivity index (χ4n) is 2.34. The van der Waals surface area contributed by atoms with Crippen LogP contribution >= 0.6 is 15.9 Å². The number of hydrogen-bond acceptors (Lipinski definition) is 3. The number of amides is 2. The Balaban J connectivity index is 1.84. The Kier molecular flexibility index (Phi) is 3.79. The molecule has 2 aromatic rings. The van der Waals surface area contributed by atoms with Gasteiger partial charge in [-0.1, -0.05) is 22.0 Å². The standard InChI is InChI=1S/C15H15BrN4O/c1-19-8-9-20(13-6-3-7-17-14(13)19)15(21)18-12-5-2-4-11(16)10-12/h2-7,10H,8-9H2,1H3,(H,18,21). The minimum Gasteiger partial charge on any atom is -0.356 e. The molecule has 0 atom stereocenters. The van der Waals surface area contributed by atoms with Crippen LogP contribution in [0.25, 0.3) is 0 Å². The van der Waals surface area contributed by atoms with E-state index in [1.165, 1.54) is 0 Å². The van der Waals surface area contributed by atoms with E-state index in [4.69, 9.17) is 0 Å². The molecule has 0 radical (unpaired) electrons. The van der Waals surface area contributed by atoms with Gasteiger partial charge < -0.3 is 10.2 Å². The van der Waals surface area contributed by atoms with E-state index in [0.717, 1.165) is 28.2 Å². The van der Waals surface area contributed by atoms with E-state index in [1.54, 1.807) is 11.1 Å². The number of likely N-dealkylation sites (N-methyl/N-ethyl adjacent to an activating group) is 1. The molecule has 108 valence electrons. The summed E-state index contributed by atoms with van der Waals surface area (Å²) in [5, 5.41) is 2.92. The summed E-state index contributed by atoms with van der Waals surface area (Å²) in [5.74, 6) is 0.827. The summed E-state index contributed by atoms with van der Waals surface area (Å²) in [6.07, 6.45) is 1.74. The van der Waals surface area contributed by atoms with E-state index in [1.807, 2.05) is 43.4 Å². The predicted molar refractivity (Wildman–Crippen MR) is 88.0 cm³/mol. The van der Waals surface area contributed by atoms with Crippen molar-refractivity contribution in [3.05, 3.63) is 47.1 Å². The molecule has 0 unspecified atom stereocenters. The van der Waals surface area contributed by atoms with Crippen LogP contribution in [0.15, 0.2) is 47.1 Å². The van der Waals surface area contributed by atoms with E-state index in [-0.39, 0.29) is 6.03 Å². The normalized spacial score (nSPS) is 13.8. The maximum absolute atomic E-state index is 12.5. The third kappa shape index (κ3) is 2.85. The molecule has 21 heavy (non-hydrogen) atoms. The first-order valence-electron chi connectivity index (χ1n) is 6.65. The topological polar surface area (TPSA) is 48.5 Å². The molecule has 0 spiro atoms. The molecule has 1 aliphatic rings. The molecule has 2 heterocycles. The smallest absolute Gasteiger partial charge is 0.326 e. The van der Waals surface area contributed by atoms with Gasteiger partial charge in [0.15, 0.2) is 5.82 Å². The number of carbonyl (C=O) groups is 1. The number of anilines is 3. The van der Waals surface area contributed by atoms with Gasteiger partial charge in [0, 0.05) is 36.5 Å². The van der Waals surface area contributed by atoms with Crippen molar-refractivity contribution in [1.29, 1.82) is 0 Å². The minimum absolute atomic E-state index is 0.143. The summed E-state index contributed by atoms with van der Waals surface area (Å²) < 4.78 is 0.931. The number of rotatable bonds is 1. The number of urea groups is 1. The van der Waals surface area contributed by atoms with Gasteiger partial charge in [-0.25, -0.2) is 9.78 Å². The Labute approximate surface area is 131 Å². The van der Waals surface area contributed by atoms with Gasteiger partial charge in [0.1, 0.15) is 0 Å². The zero-order valence-corrected chi connectivity index (χ0v) is 13.2. The number of benzene rings is 1. The van der Waals surface area contributed by atoms with Gasteiger partial charge in [0.2, 0.25) is 0 Å². The largest absolute Gasteiger partial charge is 0.356 e. The number of hydrogen-bond donors (Lipinski definition) is 1. The molecule has 3 rings (SSSR count). The Bertz CT molecular complexity index is 676. The van der Waals surface area contributed by atoms with Gasteiger partial charge in [0.05, 0.1) is 5.69 Å². The Morgan fingerprint density at radius 3 is 2.95 bits per heavy atom. The lowest BCUT2D eigenvalue weighted by Gasteiger charge is -2.34. The van der Waals surface area contributed by atoms with Crippen molar-refractivity contribution in [2.24, 2.45) is 0 Å². The lowest BCUT2D eigenvalue weighted by Crippen LogP contribution is -2.45. The van der Waals surface area contributed by atoms with Crippen LogP contribution in [-0.2, 0) is 0 Å². The zero-order valence-electron chi connectivity index (χ0n) is 11.6. The van der Waals surface area contributed by atoms with Crippen molar-refractivity contribution in [1.82, 2.24) is 4.98 Å². The second-order valence-corrected chi connectivity index (χ2v) is 5.78. The summed E-state index contributed by atoms with van der Waals surface area (Å²) in [7, 11) is 1.98. The third-order valence-electron chi connectivity index (χ3n) is 3.40. The van der Waals surface area contributed by atoms with Crippen LogP contribution in [0.1, 0.15) is 0 Å². The van der Waals surface area contributed by atoms with Gasteiger partial charge in [-0.3, -0.25) is 4.90 Å². The predicted octanol–water partition coefficient (Wildman–Crippen LogP) is 3.33. The second-order valence-electron chi connectivity index (χ2n) is 4.86. The van der Waals surface area contributed by atoms with Gasteiger partial charge in [0.25, 0.3) is 0 Å². The average Bonchev–Trinajstić information content (AvgIpc) is 2.48. The van der Waals surface area contributed by atoms with Gasteiger partial charge >= 0.3 is 6.03 Å². The van der Waals surface area contributed by atoms with Gasteiger partial charge in [-0.05, 0) is 30.3 Å². The number of aromatic nitrogens is 1. The quantitative estimate of drug-likeness (QED) is 0.861. The molecule has 6 heteroatoms. The minimum atomic E-state index is -0.143. The van der Waals surface area contributed by atoms with Crippen LogP contribution in [0.2, 0.25) is 0 Å². The van der Waals surface area contributed by atoms with Crippen LogP contribution in [0.5, 0.6) is 0 Å². The summed E-state index contributed by atoms with van der Waals surface area (Å²) >= 11 is 3.40. The van der Waals surface area contributed by atoms with Crippen molar-refractivity contribution in [2.45, 2.75) is 0 Å². The molecule has 1 aliphatic heterocycles. The highest BCUT2D eigenvalue weighted by molar-refractivity contribution is 9.10. The van der Waals surface area contributed by atoms with E-state index in [0.29, 0.717) is 6.54 Å². The van der Waals surface area contributed by atoms with Crippen molar-refractivity contribution in [2.75, 3.05) is 35.3 Å². The zero-order chi connectivity index (χ0) is 14.8. The third-order valence-corrected chi connectivity index (χ3v) is 3.89. The van der Waals surface area contributed by atoms with Crippen molar-refractivity contribution in [3.8, 4) is 0 Å². The Hall–Kier alpha value is -2.08. The monoisotopic (exact) mass is 346 g/mol. The highest BCUT2D eigenvalue weighted by atomic mass is 79.9. The van der Waals surface area contributed by atoms with Crippen molar-refractivity contribution < 1.29 is 4.79 Å². The molecule has 0 saturated heterocycles. The summed E-state index contributed by atoms with van der Waals surface area (Å²) in [6, 6.07) is 11.2. The fraction of sp³-hybridized carbons (Fsp3) is 0.200. The van der Waals surface area contributed by atoms with Crippen molar-refractivity contribution >= 4 is 39.2 Å². The fourth-order valence-corrected chi connectivity index (χ4v) is 2.74. The molecule has 1 N–H and O–H groups in total. The maximum Gasteiger partial charge on any atom is 0.326 e. The Morgan fingerprint density at radius 1 is 1.29 bits per heavy atom. The number of pyridine rings is 1. The molecule has 2 amide bonds. The van der Waals surface area contributed by atoms with Crippen molar-refractivity contribution in [3.63, 3.8) is 0 Å². The van der Waals surface area contributed by atoms with Gasteiger partial charge in [-0.2, -0.15) is 0 Å². The van der Waals surface area contributed by atoms with Crippen LogP contribution < -0.4 is 15.1 Å². The summed E-state index contributed by atoms with van der Waals surface area (Å²) in [6.45, 7) is 1.39. The highest BCUT2D eigenvalue weighted by Crippen LogP contribution is 2.30. The number of nitrogens with zero attached hydrogens (tertiary/aromatic N) is 3. The van der Waals surface area contributed by atoms with E-state index in [9.17, 15) is 4.79 Å². The number of nitrogens with one attached hydrogen (secondary N) is 1. The first kappa shape index (κ1) is 13.9. The highest BCUT2D eigenvalue weighted by Gasteiger charge is 2.25. The lowest BCUT2D eigenvalue weighted by atomic mass is 10.2. The van der Waals surface area contributed by atoms with Crippen LogP contribution in [0.3, 0.4) is 0 Å². The average molecular weight is 347 g/mol.